The Labute approximate surface area is 166 Å². The minimum Gasteiger partial charge on any atom is -0.365 e. The van der Waals surface area contributed by atoms with E-state index in [9.17, 15) is 13.2 Å². The minimum absolute atomic E-state index is 0.00299. The molecule has 1 aliphatic rings. The van der Waals surface area contributed by atoms with Gasteiger partial charge in [0, 0.05) is 44.3 Å². The third kappa shape index (κ3) is 5.21. The number of rotatable bonds is 6. The Balaban J connectivity index is 1.53. The average Bonchev–Trinajstić information content (AvgIpc) is 2.74. The van der Waals surface area contributed by atoms with Crippen LogP contribution in [0.25, 0.3) is 6.08 Å². The maximum absolute atomic E-state index is 12.6. The predicted octanol–water partition coefficient (Wildman–Crippen LogP) is 2.27. The fourth-order valence-corrected chi connectivity index (χ4v) is 4.26. The maximum atomic E-state index is 12.6. The van der Waals surface area contributed by atoms with E-state index in [1.165, 1.54) is 9.71 Å². The highest BCUT2D eigenvalue weighted by atomic mass is 32.2. The van der Waals surface area contributed by atoms with Gasteiger partial charge >= 0.3 is 0 Å². The van der Waals surface area contributed by atoms with Crippen LogP contribution in [0, 0.1) is 0 Å². The smallest absolute Gasteiger partial charge is 0.242 e. The van der Waals surface area contributed by atoms with Gasteiger partial charge in [-0.1, -0.05) is 48.5 Å². The molecule has 0 saturated carbocycles. The largest absolute Gasteiger partial charge is 0.365 e. The molecule has 7 heteroatoms. The zero-order valence-corrected chi connectivity index (χ0v) is 16.8. The van der Waals surface area contributed by atoms with Crippen molar-refractivity contribution in [3.8, 4) is 0 Å². The molecule has 0 radical (unpaired) electrons. The summed E-state index contributed by atoms with van der Waals surface area (Å²) in [5, 5.41) is 1.24. The second-order valence-corrected chi connectivity index (χ2v) is 8.55. The van der Waals surface area contributed by atoms with Crippen LogP contribution in [0.4, 0.5) is 5.69 Å². The molecule has 6 nitrogen and oxygen atoms in total. The predicted molar refractivity (Wildman–Crippen MR) is 112 cm³/mol. The van der Waals surface area contributed by atoms with E-state index in [-0.39, 0.29) is 12.5 Å². The van der Waals surface area contributed by atoms with Gasteiger partial charge in [0.15, 0.2) is 0 Å². The van der Waals surface area contributed by atoms with Crippen molar-refractivity contribution < 1.29 is 13.2 Å². The van der Waals surface area contributed by atoms with Gasteiger partial charge in [0.05, 0.1) is 6.54 Å². The number of amides is 1. The highest BCUT2D eigenvalue weighted by molar-refractivity contribution is 7.92. The van der Waals surface area contributed by atoms with E-state index in [0.717, 1.165) is 11.3 Å². The van der Waals surface area contributed by atoms with Crippen LogP contribution in [-0.2, 0) is 14.8 Å². The van der Waals surface area contributed by atoms with Crippen molar-refractivity contribution in [3.05, 3.63) is 71.6 Å². The number of hydrogen-bond acceptors (Lipinski definition) is 4. The lowest BCUT2D eigenvalue weighted by molar-refractivity contribution is -0.130. The Morgan fingerprint density at radius 1 is 0.964 bits per heavy atom. The van der Waals surface area contributed by atoms with Crippen molar-refractivity contribution in [1.29, 1.82) is 0 Å². The van der Waals surface area contributed by atoms with Crippen molar-refractivity contribution in [2.24, 2.45) is 0 Å². The van der Waals surface area contributed by atoms with E-state index in [1.807, 2.05) is 72.6 Å². The molecule has 0 atom stereocenters. The molecule has 0 N–H and O–H groups in total. The quantitative estimate of drug-likeness (QED) is 0.748. The Kier molecular flexibility index (Phi) is 6.49. The van der Waals surface area contributed by atoms with Crippen molar-refractivity contribution in [2.75, 3.05) is 44.7 Å². The highest BCUT2D eigenvalue weighted by Crippen LogP contribution is 2.14. The van der Waals surface area contributed by atoms with Crippen LogP contribution >= 0.6 is 0 Å². The summed E-state index contributed by atoms with van der Waals surface area (Å²) in [5.74, 6) is 0.00299. The molecule has 2 aromatic rings. The number of likely N-dealkylation sites (N-methyl/N-ethyl adjacent to an activating group) is 1. The summed E-state index contributed by atoms with van der Waals surface area (Å²) in [6.45, 7) is 1.69. The fraction of sp³-hybridized carbons (Fsp3) is 0.286. The molecule has 0 aliphatic carbocycles. The zero-order valence-electron chi connectivity index (χ0n) is 15.9. The van der Waals surface area contributed by atoms with Gasteiger partial charge in [-0.2, -0.15) is 4.31 Å². The zero-order chi connectivity index (χ0) is 20.0. The van der Waals surface area contributed by atoms with Gasteiger partial charge in [0.1, 0.15) is 0 Å². The van der Waals surface area contributed by atoms with Crippen LogP contribution < -0.4 is 4.90 Å². The standard InChI is InChI=1S/C21H25N3O3S/c1-22(20-10-6-3-7-11-20)18-21(25)23-13-15-24(16-14-23)28(26,27)17-12-19-8-4-2-5-9-19/h2-12,17H,13-16,18H2,1H3/b17-12+. The molecule has 1 amide bonds. The van der Waals surface area contributed by atoms with E-state index < -0.39 is 10.0 Å². The molecular formula is C21H25N3O3S. The first kappa shape index (κ1) is 20.1. The molecule has 28 heavy (non-hydrogen) atoms. The molecule has 0 bridgehead atoms. The fourth-order valence-electron chi connectivity index (χ4n) is 3.08. The van der Waals surface area contributed by atoms with Crippen molar-refractivity contribution in [2.45, 2.75) is 0 Å². The van der Waals surface area contributed by atoms with Crippen LogP contribution in [0.1, 0.15) is 5.56 Å². The van der Waals surface area contributed by atoms with Gasteiger partial charge in [0.2, 0.25) is 15.9 Å². The number of benzene rings is 2. The second-order valence-electron chi connectivity index (χ2n) is 6.73. The van der Waals surface area contributed by atoms with Crippen LogP contribution in [0.2, 0.25) is 0 Å². The SMILES string of the molecule is CN(CC(=O)N1CCN(S(=O)(=O)/C=C/c2ccccc2)CC1)c1ccccc1. The molecule has 1 aliphatic heterocycles. The van der Waals surface area contributed by atoms with Gasteiger partial charge in [-0.15, -0.1) is 0 Å². The number of sulfonamides is 1. The topological polar surface area (TPSA) is 60.9 Å². The molecule has 3 rings (SSSR count). The number of nitrogens with zero attached hydrogens (tertiary/aromatic N) is 3. The number of piperazine rings is 1. The normalized spacial score (nSPS) is 15.7. The van der Waals surface area contributed by atoms with Gasteiger partial charge in [0.25, 0.3) is 0 Å². The summed E-state index contributed by atoms with van der Waals surface area (Å²) in [6, 6.07) is 19.0. The molecule has 1 fully saturated rings. The van der Waals surface area contributed by atoms with Gasteiger partial charge in [-0.3, -0.25) is 4.79 Å². The Bertz CT molecular complexity index is 906. The Morgan fingerprint density at radius 2 is 1.54 bits per heavy atom. The number of para-hydroxylation sites is 1. The lowest BCUT2D eigenvalue weighted by Crippen LogP contribution is -2.52. The number of hydrogen-bond donors (Lipinski definition) is 0. The maximum Gasteiger partial charge on any atom is 0.242 e. The molecule has 1 saturated heterocycles. The lowest BCUT2D eigenvalue weighted by Gasteiger charge is -2.34. The first-order valence-corrected chi connectivity index (χ1v) is 10.7. The molecule has 0 aromatic heterocycles. The first-order chi connectivity index (χ1) is 13.5. The third-order valence-corrected chi connectivity index (χ3v) is 6.32. The van der Waals surface area contributed by atoms with E-state index >= 15 is 0 Å². The Morgan fingerprint density at radius 3 is 2.14 bits per heavy atom. The van der Waals surface area contributed by atoms with Crippen molar-refractivity contribution >= 4 is 27.7 Å². The van der Waals surface area contributed by atoms with Gasteiger partial charge in [-0.05, 0) is 23.8 Å². The summed E-state index contributed by atoms with van der Waals surface area (Å²) in [5.41, 5.74) is 1.81. The molecule has 1 heterocycles. The van der Waals surface area contributed by atoms with E-state index in [2.05, 4.69) is 0 Å². The second kappa shape index (κ2) is 9.03. The number of anilines is 1. The highest BCUT2D eigenvalue weighted by Gasteiger charge is 2.27. The van der Waals surface area contributed by atoms with Gasteiger partial charge in [-0.25, -0.2) is 8.42 Å². The molecule has 0 unspecified atom stereocenters. The molecule has 148 valence electrons. The summed E-state index contributed by atoms with van der Waals surface area (Å²) in [6.07, 6.45) is 1.60. The summed E-state index contributed by atoms with van der Waals surface area (Å²) in [4.78, 5) is 16.2. The monoisotopic (exact) mass is 399 g/mol. The summed E-state index contributed by atoms with van der Waals surface area (Å²) >= 11 is 0. The van der Waals surface area contributed by atoms with Crippen LogP contribution in [0.3, 0.4) is 0 Å². The first-order valence-electron chi connectivity index (χ1n) is 9.23. The molecule has 0 spiro atoms. The van der Waals surface area contributed by atoms with Crippen LogP contribution in [-0.4, -0.2) is 63.3 Å². The van der Waals surface area contributed by atoms with Gasteiger partial charge < -0.3 is 9.80 Å². The van der Waals surface area contributed by atoms with Crippen LogP contribution in [0.5, 0.6) is 0 Å². The molecular weight excluding hydrogens is 374 g/mol. The minimum atomic E-state index is -3.49. The average molecular weight is 400 g/mol. The lowest BCUT2D eigenvalue weighted by atomic mass is 10.2. The van der Waals surface area contributed by atoms with E-state index in [1.54, 1.807) is 11.0 Å². The third-order valence-electron chi connectivity index (χ3n) is 4.75. The van der Waals surface area contributed by atoms with E-state index in [4.69, 9.17) is 0 Å². The molecule has 2 aromatic carbocycles. The van der Waals surface area contributed by atoms with Crippen molar-refractivity contribution in [3.63, 3.8) is 0 Å². The Hall–Kier alpha value is -2.64. The number of carbonyl (C=O) groups excluding carboxylic acids is 1. The number of carbonyl (C=O) groups is 1. The van der Waals surface area contributed by atoms with Crippen LogP contribution in [0.15, 0.2) is 66.1 Å². The summed E-state index contributed by atoms with van der Waals surface area (Å²) < 4.78 is 26.5. The summed E-state index contributed by atoms with van der Waals surface area (Å²) in [7, 11) is -1.61. The van der Waals surface area contributed by atoms with E-state index in [0.29, 0.717) is 26.2 Å². The van der Waals surface area contributed by atoms with Crippen molar-refractivity contribution in [1.82, 2.24) is 9.21 Å².